The molecule has 0 radical (unpaired) electrons. The molecule has 0 aliphatic carbocycles. The van der Waals surface area contributed by atoms with Gasteiger partial charge in [0.25, 0.3) is 0 Å². The minimum atomic E-state index is -0.156. The summed E-state index contributed by atoms with van der Waals surface area (Å²) in [5.74, 6) is 0.773. The SMILES string of the molecule is COCCNC(=O)CN(C)c1nn2c(NC(C)(C)C)c(-c3ccccc3)nc2s1. The quantitative estimate of drug-likeness (QED) is 0.550. The number of aromatic nitrogens is 3. The van der Waals surface area contributed by atoms with Gasteiger partial charge in [-0.25, -0.2) is 4.98 Å². The number of benzene rings is 1. The Bertz CT molecular complexity index is 961. The maximum Gasteiger partial charge on any atom is 0.239 e. The number of rotatable bonds is 8. The highest BCUT2D eigenvalue weighted by Crippen LogP contribution is 2.34. The molecule has 156 valence electrons. The number of anilines is 2. The Morgan fingerprint density at radius 1 is 1.28 bits per heavy atom. The molecule has 0 spiro atoms. The van der Waals surface area contributed by atoms with E-state index in [0.717, 1.165) is 27.2 Å². The average molecular weight is 417 g/mol. The number of likely N-dealkylation sites (N-methyl/N-ethyl adjacent to an activating group) is 1. The van der Waals surface area contributed by atoms with Gasteiger partial charge >= 0.3 is 0 Å². The number of fused-ring (bicyclic) bond motifs is 1. The van der Waals surface area contributed by atoms with Crippen LogP contribution in [0.3, 0.4) is 0 Å². The molecule has 3 rings (SSSR count). The molecule has 29 heavy (non-hydrogen) atoms. The standard InChI is InChI=1S/C20H28N6O2S/c1-20(2,3)23-17-16(14-9-7-6-8-10-14)22-18-26(17)24-19(29-18)25(4)13-15(27)21-11-12-28-5/h6-10,23H,11-13H2,1-5H3,(H,21,27). The highest BCUT2D eigenvalue weighted by molar-refractivity contribution is 7.20. The number of imidazole rings is 1. The van der Waals surface area contributed by atoms with Crippen LogP contribution >= 0.6 is 11.3 Å². The lowest BCUT2D eigenvalue weighted by atomic mass is 10.1. The van der Waals surface area contributed by atoms with E-state index in [1.165, 1.54) is 11.3 Å². The van der Waals surface area contributed by atoms with Gasteiger partial charge in [0.1, 0.15) is 5.69 Å². The van der Waals surface area contributed by atoms with Gasteiger partial charge in [-0.15, -0.1) is 5.10 Å². The van der Waals surface area contributed by atoms with Crippen molar-refractivity contribution in [1.82, 2.24) is 19.9 Å². The van der Waals surface area contributed by atoms with Crippen LogP contribution in [0.1, 0.15) is 20.8 Å². The lowest BCUT2D eigenvalue weighted by Gasteiger charge is -2.22. The highest BCUT2D eigenvalue weighted by Gasteiger charge is 2.23. The van der Waals surface area contributed by atoms with Crippen LogP contribution in [0.4, 0.5) is 10.9 Å². The zero-order valence-corrected chi connectivity index (χ0v) is 18.3. The van der Waals surface area contributed by atoms with E-state index in [9.17, 15) is 4.79 Å². The molecule has 2 aromatic heterocycles. The summed E-state index contributed by atoms with van der Waals surface area (Å²) in [6, 6.07) is 10.1. The fourth-order valence-electron chi connectivity index (χ4n) is 2.79. The van der Waals surface area contributed by atoms with Crippen LogP contribution < -0.4 is 15.5 Å². The van der Waals surface area contributed by atoms with E-state index in [1.807, 2.05) is 46.8 Å². The molecular weight excluding hydrogens is 388 g/mol. The summed E-state index contributed by atoms with van der Waals surface area (Å²) < 4.78 is 6.78. The third-order valence-electron chi connectivity index (χ3n) is 4.07. The van der Waals surface area contributed by atoms with Crippen molar-refractivity contribution in [2.75, 3.05) is 44.1 Å². The fraction of sp³-hybridized carbons (Fsp3) is 0.450. The summed E-state index contributed by atoms with van der Waals surface area (Å²) in [5, 5.41) is 11.8. The van der Waals surface area contributed by atoms with E-state index < -0.39 is 0 Å². The molecule has 0 aliphatic rings. The smallest absolute Gasteiger partial charge is 0.239 e. The average Bonchev–Trinajstić information content (AvgIpc) is 3.21. The summed E-state index contributed by atoms with van der Waals surface area (Å²) >= 11 is 1.45. The topological polar surface area (TPSA) is 83.8 Å². The number of ether oxygens (including phenoxy) is 1. The van der Waals surface area contributed by atoms with E-state index in [2.05, 4.69) is 31.4 Å². The van der Waals surface area contributed by atoms with Gasteiger partial charge in [0.05, 0.1) is 13.2 Å². The molecule has 1 amide bonds. The van der Waals surface area contributed by atoms with Crippen LogP contribution in [-0.2, 0) is 9.53 Å². The van der Waals surface area contributed by atoms with Gasteiger partial charge in [-0.05, 0) is 20.8 Å². The molecule has 0 atom stereocenters. The second-order valence-corrected chi connectivity index (χ2v) is 8.76. The first kappa shape index (κ1) is 21.1. The number of carbonyl (C=O) groups is 1. The van der Waals surface area contributed by atoms with E-state index in [0.29, 0.717) is 13.2 Å². The number of hydrogen-bond donors (Lipinski definition) is 2. The van der Waals surface area contributed by atoms with Crippen LogP contribution in [0.5, 0.6) is 0 Å². The molecule has 3 aromatic rings. The van der Waals surface area contributed by atoms with E-state index in [4.69, 9.17) is 14.8 Å². The normalized spacial score (nSPS) is 11.6. The molecule has 2 heterocycles. The summed E-state index contributed by atoms with van der Waals surface area (Å²) in [7, 11) is 3.46. The molecule has 0 bridgehead atoms. The number of hydrogen-bond acceptors (Lipinski definition) is 7. The number of carbonyl (C=O) groups excluding carboxylic acids is 1. The second kappa shape index (κ2) is 8.79. The zero-order valence-electron chi connectivity index (χ0n) is 17.5. The molecule has 0 aliphatic heterocycles. The number of nitrogens with zero attached hydrogens (tertiary/aromatic N) is 4. The predicted octanol–water partition coefficient (Wildman–Crippen LogP) is 2.87. The Balaban J connectivity index is 1.88. The molecule has 0 saturated carbocycles. The van der Waals surface area contributed by atoms with Gasteiger partial charge in [0.15, 0.2) is 5.82 Å². The molecule has 0 unspecified atom stereocenters. The minimum absolute atomic E-state index is 0.0737. The van der Waals surface area contributed by atoms with Gasteiger partial charge in [-0.3, -0.25) is 4.79 Å². The Morgan fingerprint density at radius 2 is 2.00 bits per heavy atom. The Labute approximate surface area is 174 Å². The largest absolute Gasteiger partial charge is 0.383 e. The molecule has 9 heteroatoms. The van der Waals surface area contributed by atoms with Gasteiger partial charge in [-0.2, -0.15) is 4.52 Å². The molecule has 0 fully saturated rings. The number of methoxy groups -OCH3 is 1. The summed E-state index contributed by atoms with van der Waals surface area (Å²) in [5.41, 5.74) is 1.74. The lowest BCUT2D eigenvalue weighted by Crippen LogP contribution is -2.36. The Hall–Kier alpha value is -2.65. The van der Waals surface area contributed by atoms with Crippen molar-refractivity contribution in [2.24, 2.45) is 0 Å². The van der Waals surface area contributed by atoms with E-state index in [1.54, 1.807) is 7.11 Å². The van der Waals surface area contributed by atoms with Crippen molar-refractivity contribution in [1.29, 1.82) is 0 Å². The van der Waals surface area contributed by atoms with E-state index in [-0.39, 0.29) is 18.0 Å². The minimum Gasteiger partial charge on any atom is -0.383 e. The third kappa shape index (κ3) is 5.24. The van der Waals surface area contributed by atoms with Crippen LogP contribution in [0, 0.1) is 0 Å². The fourth-order valence-corrected chi connectivity index (χ4v) is 3.65. The first-order valence-electron chi connectivity index (χ1n) is 9.48. The van der Waals surface area contributed by atoms with Crippen LogP contribution in [-0.4, -0.2) is 59.9 Å². The van der Waals surface area contributed by atoms with E-state index >= 15 is 0 Å². The van der Waals surface area contributed by atoms with Crippen LogP contribution in [0.15, 0.2) is 30.3 Å². The number of amides is 1. The van der Waals surface area contributed by atoms with Gasteiger partial charge < -0.3 is 20.3 Å². The lowest BCUT2D eigenvalue weighted by molar-refractivity contribution is -0.119. The Morgan fingerprint density at radius 3 is 2.66 bits per heavy atom. The molecule has 2 N–H and O–H groups in total. The van der Waals surface area contributed by atoms with Crippen molar-refractivity contribution in [3.63, 3.8) is 0 Å². The molecule has 0 saturated heterocycles. The van der Waals surface area contributed by atoms with Crippen molar-refractivity contribution in [3.05, 3.63) is 30.3 Å². The van der Waals surface area contributed by atoms with Crippen LogP contribution in [0.25, 0.3) is 16.2 Å². The predicted molar refractivity (Wildman–Crippen MR) is 118 cm³/mol. The third-order valence-corrected chi connectivity index (χ3v) is 5.09. The monoisotopic (exact) mass is 416 g/mol. The highest BCUT2D eigenvalue weighted by atomic mass is 32.1. The van der Waals surface area contributed by atoms with Gasteiger partial charge in [-0.1, -0.05) is 41.7 Å². The molecule has 8 nitrogen and oxygen atoms in total. The first-order chi connectivity index (χ1) is 13.8. The summed E-state index contributed by atoms with van der Waals surface area (Å²) in [4.78, 5) is 19.5. The first-order valence-corrected chi connectivity index (χ1v) is 10.3. The van der Waals surface area contributed by atoms with Crippen molar-refractivity contribution < 1.29 is 9.53 Å². The van der Waals surface area contributed by atoms with Gasteiger partial charge in [0, 0.05) is 31.8 Å². The summed E-state index contributed by atoms with van der Waals surface area (Å²) in [6.07, 6.45) is 0. The van der Waals surface area contributed by atoms with Crippen molar-refractivity contribution >= 4 is 33.2 Å². The van der Waals surface area contributed by atoms with Gasteiger partial charge in [0.2, 0.25) is 16.0 Å². The van der Waals surface area contributed by atoms with Crippen LogP contribution in [0.2, 0.25) is 0 Å². The van der Waals surface area contributed by atoms with Crippen molar-refractivity contribution in [2.45, 2.75) is 26.3 Å². The second-order valence-electron chi connectivity index (χ2n) is 7.83. The zero-order chi connectivity index (χ0) is 21.0. The molecular formula is C20H28N6O2S. The van der Waals surface area contributed by atoms with Crippen molar-refractivity contribution in [3.8, 4) is 11.3 Å². The number of nitrogens with one attached hydrogen (secondary N) is 2. The molecule has 1 aromatic carbocycles. The summed E-state index contributed by atoms with van der Waals surface area (Å²) in [6.45, 7) is 7.50. The Kier molecular flexibility index (Phi) is 6.39. The maximum absolute atomic E-state index is 12.1. The maximum atomic E-state index is 12.1.